The van der Waals surface area contributed by atoms with Gasteiger partial charge in [0.25, 0.3) is 6.43 Å². The van der Waals surface area contributed by atoms with Gasteiger partial charge in [-0.25, -0.2) is 8.78 Å². The Morgan fingerprint density at radius 1 is 1.47 bits per heavy atom. The molecule has 0 atom stereocenters. The van der Waals surface area contributed by atoms with Crippen molar-refractivity contribution >= 4 is 17.4 Å². The number of carbonyl (C=O) groups is 1. The highest BCUT2D eigenvalue weighted by Crippen LogP contribution is 2.33. The van der Waals surface area contributed by atoms with Crippen LogP contribution in [0.3, 0.4) is 0 Å². The number of ether oxygens (including phenoxy) is 1. The molecule has 1 aromatic rings. The van der Waals surface area contributed by atoms with E-state index in [9.17, 15) is 13.6 Å². The van der Waals surface area contributed by atoms with Gasteiger partial charge < -0.3 is 4.74 Å². The topological polar surface area (TPSA) is 26.3 Å². The Labute approximate surface area is 90.8 Å². The second-order valence-electron chi connectivity index (χ2n) is 2.93. The number of hydrogen-bond acceptors (Lipinski definition) is 2. The van der Waals surface area contributed by atoms with Crippen molar-refractivity contribution in [2.45, 2.75) is 13.3 Å². The van der Waals surface area contributed by atoms with E-state index in [4.69, 9.17) is 16.3 Å². The Hall–Kier alpha value is -1.16. The summed E-state index contributed by atoms with van der Waals surface area (Å²) in [6.07, 6.45) is -2.73. The molecule has 0 radical (unpaired) electrons. The lowest BCUT2D eigenvalue weighted by Crippen LogP contribution is -2.01. The molecule has 0 aliphatic carbocycles. The van der Waals surface area contributed by atoms with Gasteiger partial charge in [0.05, 0.1) is 12.1 Å². The van der Waals surface area contributed by atoms with Crippen LogP contribution in [0.25, 0.3) is 0 Å². The normalized spacial score (nSPS) is 10.5. The van der Waals surface area contributed by atoms with Crippen LogP contribution in [-0.2, 0) is 0 Å². The molecule has 15 heavy (non-hydrogen) atoms. The molecule has 0 unspecified atom stereocenters. The molecule has 82 valence electrons. The number of carbonyl (C=O) groups excluding carboxylic acids is 1. The van der Waals surface area contributed by atoms with Gasteiger partial charge in [-0.1, -0.05) is 11.6 Å². The molecule has 0 N–H and O–H groups in total. The summed E-state index contributed by atoms with van der Waals surface area (Å²) >= 11 is 5.68. The smallest absolute Gasteiger partial charge is 0.264 e. The van der Waals surface area contributed by atoms with Crippen LogP contribution in [-0.4, -0.2) is 12.9 Å². The van der Waals surface area contributed by atoms with E-state index < -0.39 is 12.2 Å². The SMILES string of the molecule is COc1cc(C(C)=O)c(C(F)F)cc1Cl. The first kappa shape index (κ1) is 11.9. The molecular formula is C10H9ClF2O2. The van der Waals surface area contributed by atoms with Crippen LogP contribution >= 0.6 is 11.6 Å². The third kappa shape index (κ3) is 2.45. The minimum Gasteiger partial charge on any atom is -0.495 e. The van der Waals surface area contributed by atoms with E-state index in [2.05, 4.69) is 0 Å². The van der Waals surface area contributed by atoms with Crippen LogP contribution in [0.5, 0.6) is 5.75 Å². The number of methoxy groups -OCH3 is 1. The number of alkyl halides is 2. The lowest BCUT2D eigenvalue weighted by atomic mass is 10.0. The van der Waals surface area contributed by atoms with Crippen molar-refractivity contribution in [3.8, 4) is 5.75 Å². The van der Waals surface area contributed by atoms with E-state index in [1.165, 1.54) is 20.1 Å². The van der Waals surface area contributed by atoms with Crippen LogP contribution in [0.15, 0.2) is 12.1 Å². The summed E-state index contributed by atoms with van der Waals surface area (Å²) in [5.41, 5.74) is -0.431. The average Bonchev–Trinajstić information content (AvgIpc) is 2.16. The maximum Gasteiger partial charge on any atom is 0.264 e. The molecule has 1 rings (SSSR count). The molecule has 0 aromatic heterocycles. The van der Waals surface area contributed by atoms with Crippen LogP contribution < -0.4 is 4.74 Å². The third-order valence-corrected chi connectivity index (χ3v) is 2.23. The summed E-state index contributed by atoms with van der Waals surface area (Å²) in [6, 6.07) is 2.29. The number of halogens is 3. The predicted molar refractivity (Wildman–Crippen MR) is 53.0 cm³/mol. The molecule has 2 nitrogen and oxygen atoms in total. The summed E-state index contributed by atoms with van der Waals surface area (Å²) < 4.78 is 29.9. The van der Waals surface area contributed by atoms with Crippen LogP contribution in [0.1, 0.15) is 29.3 Å². The first-order valence-electron chi connectivity index (χ1n) is 4.14. The molecular weight excluding hydrogens is 226 g/mol. The fraction of sp³-hybridized carbons (Fsp3) is 0.300. The van der Waals surface area contributed by atoms with Gasteiger partial charge in [0.1, 0.15) is 5.75 Å². The zero-order valence-corrected chi connectivity index (χ0v) is 8.94. The lowest BCUT2D eigenvalue weighted by molar-refractivity contribution is 0.0998. The van der Waals surface area contributed by atoms with Crippen molar-refractivity contribution in [1.29, 1.82) is 0 Å². The van der Waals surface area contributed by atoms with Crippen molar-refractivity contribution in [2.24, 2.45) is 0 Å². The molecule has 0 saturated carbocycles. The molecule has 0 heterocycles. The largest absolute Gasteiger partial charge is 0.495 e. The zero-order chi connectivity index (χ0) is 11.6. The highest BCUT2D eigenvalue weighted by atomic mass is 35.5. The van der Waals surface area contributed by atoms with Crippen molar-refractivity contribution in [3.05, 3.63) is 28.3 Å². The number of rotatable bonds is 3. The van der Waals surface area contributed by atoms with E-state index in [-0.39, 0.29) is 21.9 Å². The first-order chi connectivity index (χ1) is 6.97. The average molecular weight is 235 g/mol. The Balaban J connectivity index is 3.39. The van der Waals surface area contributed by atoms with E-state index in [0.29, 0.717) is 0 Å². The molecule has 0 amide bonds. The van der Waals surface area contributed by atoms with E-state index in [1.807, 2.05) is 0 Å². The standard InChI is InChI=1S/C10H9ClF2O2/c1-5(14)6-4-9(15-2)8(11)3-7(6)10(12)13/h3-4,10H,1-2H3. The minimum atomic E-state index is -2.73. The third-order valence-electron chi connectivity index (χ3n) is 1.94. The zero-order valence-electron chi connectivity index (χ0n) is 8.18. The molecule has 0 bridgehead atoms. The fourth-order valence-electron chi connectivity index (χ4n) is 1.21. The summed E-state index contributed by atoms with van der Waals surface area (Å²) in [5, 5.41) is 0.0674. The first-order valence-corrected chi connectivity index (χ1v) is 4.51. The summed E-state index contributed by atoms with van der Waals surface area (Å²) in [4.78, 5) is 11.1. The van der Waals surface area contributed by atoms with E-state index in [1.54, 1.807) is 0 Å². The molecule has 0 aliphatic rings. The molecule has 0 fully saturated rings. The molecule has 0 spiro atoms. The Bertz CT molecular complexity index is 391. The van der Waals surface area contributed by atoms with Gasteiger partial charge in [-0.3, -0.25) is 4.79 Å². The molecule has 5 heteroatoms. The van der Waals surface area contributed by atoms with E-state index >= 15 is 0 Å². The van der Waals surface area contributed by atoms with Gasteiger partial charge in [0.15, 0.2) is 5.78 Å². The molecule has 0 saturated heterocycles. The number of Topliss-reactive ketones (excluding diaryl/α,β-unsaturated/α-hetero) is 1. The fourth-order valence-corrected chi connectivity index (χ4v) is 1.46. The van der Waals surface area contributed by atoms with Gasteiger partial charge in [-0.15, -0.1) is 0 Å². The van der Waals surface area contributed by atoms with Gasteiger partial charge >= 0.3 is 0 Å². The maximum absolute atomic E-state index is 12.6. The lowest BCUT2D eigenvalue weighted by Gasteiger charge is -2.10. The molecule has 0 aliphatic heterocycles. The monoisotopic (exact) mass is 234 g/mol. The van der Waals surface area contributed by atoms with Crippen LogP contribution in [0, 0.1) is 0 Å². The minimum absolute atomic E-state index is 0.0637. The highest BCUT2D eigenvalue weighted by molar-refractivity contribution is 6.32. The Morgan fingerprint density at radius 3 is 2.47 bits per heavy atom. The summed E-state index contributed by atoms with van der Waals surface area (Å²) in [7, 11) is 1.35. The highest BCUT2D eigenvalue weighted by Gasteiger charge is 2.18. The number of benzene rings is 1. The Morgan fingerprint density at radius 2 is 2.07 bits per heavy atom. The summed E-state index contributed by atoms with van der Waals surface area (Å²) in [6.45, 7) is 1.22. The van der Waals surface area contributed by atoms with Crippen molar-refractivity contribution in [3.63, 3.8) is 0 Å². The van der Waals surface area contributed by atoms with Crippen molar-refractivity contribution < 1.29 is 18.3 Å². The van der Waals surface area contributed by atoms with Gasteiger partial charge in [-0.2, -0.15) is 0 Å². The van der Waals surface area contributed by atoms with Crippen molar-refractivity contribution in [1.82, 2.24) is 0 Å². The van der Waals surface area contributed by atoms with Crippen LogP contribution in [0.4, 0.5) is 8.78 Å². The van der Waals surface area contributed by atoms with Gasteiger partial charge in [-0.05, 0) is 19.1 Å². The number of ketones is 1. The van der Waals surface area contributed by atoms with Crippen LogP contribution in [0.2, 0.25) is 5.02 Å². The maximum atomic E-state index is 12.6. The molecule has 1 aromatic carbocycles. The van der Waals surface area contributed by atoms with Crippen molar-refractivity contribution in [2.75, 3.05) is 7.11 Å². The van der Waals surface area contributed by atoms with Gasteiger partial charge in [0.2, 0.25) is 0 Å². The quantitative estimate of drug-likeness (QED) is 0.749. The van der Waals surface area contributed by atoms with Gasteiger partial charge in [0, 0.05) is 11.1 Å². The second kappa shape index (κ2) is 4.57. The Kier molecular flexibility index (Phi) is 3.63. The predicted octanol–water partition coefficient (Wildman–Crippen LogP) is 3.49. The van der Waals surface area contributed by atoms with E-state index in [0.717, 1.165) is 6.07 Å². The second-order valence-corrected chi connectivity index (χ2v) is 3.34. The number of hydrogen-bond donors (Lipinski definition) is 0. The summed E-state index contributed by atoms with van der Waals surface area (Å²) in [5.74, 6) is -0.230.